The van der Waals surface area contributed by atoms with E-state index in [2.05, 4.69) is 0 Å². The maximum Gasteiger partial charge on any atom is 0.341 e. The molecule has 1 aromatic heterocycles. The number of aromatic nitrogens is 1. The second kappa shape index (κ2) is 6.69. The Morgan fingerprint density at radius 2 is 2.00 bits per heavy atom. The van der Waals surface area contributed by atoms with E-state index in [1.165, 1.54) is 4.57 Å². The molecule has 0 saturated heterocycles. The molecule has 10 heteroatoms. The zero-order valence-electron chi connectivity index (χ0n) is 13.2. The largest absolute Gasteiger partial charge is 0.480 e. The normalized spacial score (nSPS) is 15.2. The second-order valence-corrected chi connectivity index (χ2v) is 7.00. The number of carboxylic acid groups (broad SMARTS) is 2. The molecule has 138 valence electrons. The summed E-state index contributed by atoms with van der Waals surface area (Å²) in [5.41, 5.74) is 3.64. The van der Waals surface area contributed by atoms with Crippen molar-refractivity contribution in [3.8, 4) is 0 Å². The summed E-state index contributed by atoms with van der Waals surface area (Å²) in [5.74, 6) is -5.14. The van der Waals surface area contributed by atoms with Gasteiger partial charge in [-0.25, -0.2) is 13.6 Å². The van der Waals surface area contributed by atoms with Crippen LogP contribution in [-0.4, -0.2) is 38.5 Å². The summed E-state index contributed by atoms with van der Waals surface area (Å²) in [6.07, 6.45) is 2.43. The Balaban J connectivity index is 2.20. The van der Waals surface area contributed by atoms with Crippen molar-refractivity contribution in [2.24, 2.45) is 5.73 Å². The van der Waals surface area contributed by atoms with Crippen molar-refractivity contribution >= 4 is 34.6 Å². The number of aromatic carboxylic acids is 1. The minimum atomic E-state index is -1.47. The van der Waals surface area contributed by atoms with E-state index in [-0.39, 0.29) is 22.7 Å². The molecule has 1 fully saturated rings. The second-order valence-electron chi connectivity index (χ2n) is 5.97. The summed E-state index contributed by atoms with van der Waals surface area (Å²) < 4.78 is 30.7. The highest BCUT2D eigenvalue weighted by molar-refractivity contribution is 7.99. The lowest BCUT2D eigenvalue weighted by molar-refractivity contribution is -0.137. The van der Waals surface area contributed by atoms with E-state index in [0.717, 1.165) is 12.3 Å². The average molecular weight is 384 g/mol. The summed E-state index contributed by atoms with van der Waals surface area (Å²) in [4.78, 5) is 33.9. The fourth-order valence-corrected chi connectivity index (χ4v) is 3.50. The van der Waals surface area contributed by atoms with Gasteiger partial charge in [-0.15, -0.1) is 11.8 Å². The summed E-state index contributed by atoms with van der Waals surface area (Å²) in [5, 5.41) is 17.6. The maximum atomic E-state index is 15.0. The third kappa shape index (κ3) is 3.17. The summed E-state index contributed by atoms with van der Waals surface area (Å²) >= 11 is 0.595. The lowest BCUT2D eigenvalue weighted by Gasteiger charge is -2.15. The Hall–Kier alpha value is -2.46. The minimum Gasteiger partial charge on any atom is -0.480 e. The standard InChI is InChI=1S/C16H14F2N2O5S/c17-9-3-7-12(11(18)14(9)26-5-10(19)16(24)25)20(6-1-2-6)4-8(13(7)21)15(22)23/h3-4,6,10H,1-2,5,19H2,(H,22,23)(H,24,25). The van der Waals surface area contributed by atoms with Crippen LogP contribution >= 0.6 is 11.8 Å². The monoisotopic (exact) mass is 384 g/mol. The number of fused-ring (bicyclic) bond motifs is 1. The molecular formula is C16H14F2N2O5S. The number of rotatable bonds is 6. The number of pyridine rings is 1. The number of benzene rings is 1. The van der Waals surface area contributed by atoms with Crippen LogP contribution in [0.5, 0.6) is 0 Å². The molecule has 7 nitrogen and oxygen atoms in total. The molecule has 0 radical (unpaired) electrons. The highest BCUT2D eigenvalue weighted by Gasteiger charge is 2.30. The van der Waals surface area contributed by atoms with Gasteiger partial charge in [0.25, 0.3) is 0 Å². The first-order valence-corrected chi connectivity index (χ1v) is 8.62. The lowest BCUT2D eigenvalue weighted by atomic mass is 10.1. The van der Waals surface area contributed by atoms with Crippen LogP contribution in [0.3, 0.4) is 0 Å². The van der Waals surface area contributed by atoms with Gasteiger partial charge in [0.15, 0.2) is 5.82 Å². The highest BCUT2D eigenvalue weighted by Crippen LogP contribution is 2.39. The zero-order chi connectivity index (χ0) is 19.2. The van der Waals surface area contributed by atoms with Crippen molar-refractivity contribution in [1.29, 1.82) is 0 Å². The lowest BCUT2D eigenvalue weighted by Crippen LogP contribution is -2.32. The van der Waals surface area contributed by atoms with Gasteiger partial charge in [0, 0.05) is 18.0 Å². The zero-order valence-corrected chi connectivity index (χ0v) is 14.1. The first-order chi connectivity index (χ1) is 12.2. The van der Waals surface area contributed by atoms with Gasteiger partial charge >= 0.3 is 11.9 Å². The number of hydrogen-bond donors (Lipinski definition) is 3. The molecular weight excluding hydrogens is 370 g/mol. The Kier molecular flexibility index (Phi) is 4.72. The molecule has 0 bridgehead atoms. The van der Waals surface area contributed by atoms with Crippen LogP contribution in [0, 0.1) is 11.6 Å². The first kappa shape index (κ1) is 18.3. The van der Waals surface area contributed by atoms with Crippen LogP contribution in [0.2, 0.25) is 0 Å². The van der Waals surface area contributed by atoms with Gasteiger partial charge in [-0.05, 0) is 18.9 Å². The number of hydrogen-bond acceptors (Lipinski definition) is 5. The quantitative estimate of drug-likeness (QED) is 0.649. The van der Waals surface area contributed by atoms with Crippen molar-refractivity contribution in [2.75, 3.05) is 5.75 Å². The predicted molar refractivity (Wildman–Crippen MR) is 89.7 cm³/mol. The Morgan fingerprint density at radius 1 is 1.35 bits per heavy atom. The van der Waals surface area contributed by atoms with E-state index in [1.807, 2.05) is 0 Å². The summed E-state index contributed by atoms with van der Waals surface area (Å²) in [6, 6.07) is -0.689. The fourth-order valence-electron chi connectivity index (χ4n) is 2.59. The maximum absolute atomic E-state index is 15.0. The van der Waals surface area contributed by atoms with Crippen molar-refractivity contribution in [1.82, 2.24) is 4.57 Å². The Morgan fingerprint density at radius 3 is 2.54 bits per heavy atom. The van der Waals surface area contributed by atoms with Crippen molar-refractivity contribution < 1.29 is 28.6 Å². The van der Waals surface area contributed by atoms with Gasteiger partial charge in [0.2, 0.25) is 5.43 Å². The number of carbonyl (C=O) groups is 2. The molecule has 4 N–H and O–H groups in total. The molecule has 1 heterocycles. The summed E-state index contributed by atoms with van der Waals surface area (Å²) in [6.45, 7) is 0. The van der Waals surface area contributed by atoms with Gasteiger partial charge < -0.3 is 20.5 Å². The summed E-state index contributed by atoms with van der Waals surface area (Å²) in [7, 11) is 0. The van der Waals surface area contributed by atoms with Gasteiger partial charge in [-0.1, -0.05) is 0 Å². The minimum absolute atomic E-state index is 0.171. The molecule has 1 unspecified atom stereocenters. The van der Waals surface area contributed by atoms with Gasteiger partial charge in [-0.3, -0.25) is 9.59 Å². The van der Waals surface area contributed by atoms with Gasteiger partial charge in [0.05, 0.1) is 15.8 Å². The molecule has 1 aromatic carbocycles. The first-order valence-electron chi connectivity index (χ1n) is 7.63. The molecule has 26 heavy (non-hydrogen) atoms. The number of halogens is 2. The van der Waals surface area contributed by atoms with E-state index in [0.29, 0.717) is 24.6 Å². The van der Waals surface area contributed by atoms with Crippen molar-refractivity contribution in [3.63, 3.8) is 0 Å². The average Bonchev–Trinajstić information content (AvgIpc) is 3.39. The third-order valence-corrected chi connectivity index (χ3v) is 5.25. The van der Waals surface area contributed by atoms with Crippen molar-refractivity contribution in [3.05, 3.63) is 39.7 Å². The SMILES string of the molecule is NC(CSc1c(F)cc2c(=O)c(C(=O)O)cn(C3CC3)c2c1F)C(=O)O. The Labute approximate surface area is 149 Å². The van der Waals surface area contributed by atoms with Gasteiger partial charge in [-0.2, -0.15) is 0 Å². The van der Waals surface area contributed by atoms with Crippen LogP contribution in [0.1, 0.15) is 29.2 Å². The molecule has 1 aliphatic rings. The van der Waals surface area contributed by atoms with E-state index >= 15 is 0 Å². The highest BCUT2D eigenvalue weighted by atomic mass is 32.2. The third-order valence-electron chi connectivity index (χ3n) is 4.06. The van der Waals surface area contributed by atoms with Gasteiger partial charge in [0.1, 0.15) is 17.4 Å². The predicted octanol–water partition coefficient (Wildman–Crippen LogP) is 1.82. The molecule has 0 spiro atoms. The number of thioether (sulfide) groups is 1. The molecule has 1 atom stereocenters. The molecule has 2 aromatic rings. The smallest absolute Gasteiger partial charge is 0.341 e. The van der Waals surface area contributed by atoms with Crippen LogP contribution in [-0.2, 0) is 4.79 Å². The number of nitrogens with zero attached hydrogens (tertiary/aromatic N) is 1. The molecule has 0 amide bonds. The van der Waals surface area contributed by atoms with Crippen LogP contribution in [0.25, 0.3) is 10.9 Å². The Bertz CT molecular complexity index is 987. The number of aliphatic carboxylic acids is 1. The molecule has 1 aliphatic carbocycles. The van der Waals surface area contributed by atoms with E-state index < -0.39 is 45.5 Å². The molecule has 3 rings (SSSR count). The van der Waals surface area contributed by atoms with E-state index in [1.54, 1.807) is 0 Å². The molecule has 1 saturated carbocycles. The van der Waals surface area contributed by atoms with Crippen LogP contribution < -0.4 is 11.2 Å². The fraction of sp³-hybridized carbons (Fsp3) is 0.312. The number of carboxylic acids is 2. The number of nitrogens with two attached hydrogens (primary N) is 1. The van der Waals surface area contributed by atoms with Crippen molar-refractivity contribution in [2.45, 2.75) is 29.8 Å². The van der Waals surface area contributed by atoms with E-state index in [9.17, 15) is 23.2 Å². The topological polar surface area (TPSA) is 123 Å². The molecule has 0 aliphatic heterocycles. The van der Waals surface area contributed by atoms with Crippen LogP contribution in [0.15, 0.2) is 22.0 Å². The van der Waals surface area contributed by atoms with Crippen LogP contribution in [0.4, 0.5) is 8.78 Å². The van der Waals surface area contributed by atoms with E-state index in [4.69, 9.17) is 15.9 Å².